The van der Waals surface area contributed by atoms with Crippen LogP contribution in [0.1, 0.15) is 27.2 Å². The number of likely N-dealkylation sites (tertiary alicyclic amines) is 1. The van der Waals surface area contributed by atoms with Gasteiger partial charge in [0.2, 0.25) is 5.91 Å². The average molecular weight is 298 g/mol. The smallest absolute Gasteiger partial charge is 0.407 e. The second-order valence-electron chi connectivity index (χ2n) is 5.79. The van der Waals surface area contributed by atoms with E-state index in [2.05, 4.69) is 11.9 Å². The van der Waals surface area contributed by atoms with Gasteiger partial charge < -0.3 is 19.7 Å². The summed E-state index contributed by atoms with van der Waals surface area (Å²) in [4.78, 5) is 36.2. The molecule has 0 bridgehead atoms. The minimum absolute atomic E-state index is 0.112. The standard InChI is InChI=1S/C14H22N2O5/c1-5-6-20-12(18)9-16-8-10(7-11(16)17)15-13(19)21-14(2,3)4/h5,10H,1,6-9H2,2-4H3,(H,15,19)/t10-/m0/s1. The Morgan fingerprint density at radius 1 is 1.48 bits per heavy atom. The number of rotatable bonds is 5. The first-order valence-corrected chi connectivity index (χ1v) is 6.75. The van der Waals surface area contributed by atoms with Crippen LogP contribution in [0.2, 0.25) is 0 Å². The van der Waals surface area contributed by atoms with Crippen LogP contribution in [0.5, 0.6) is 0 Å². The van der Waals surface area contributed by atoms with Crippen molar-refractivity contribution >= 4 is 18.0 Å². The maximum atomic E-state index is 11.8. The fraction of sp³-hybridized carbons (Fsp3) is 0.643. The van der Waals surface area contributed by atoms with Gasteiger partial charge in [-0.2, -0.15) is 0 Å². The lowest BCUT2D eigenvalue weighted by Crippen LogP contribution is -2.41. The molecule has 21 heavy (non-hydrogen) atoms. The van der Waals surface area contributed by atoms with Crippen molar-refractivity contribution in [2.45, 2.75) is 38.8 Å². The van der Waals surface area contributed by atoms with Gasteiger partial charge in [-0.05, 0) is 20.8 Å². The van der Waals surface area contributed by atoms with Gasteiger partial charge in [-0.1, -0.05) is 12.7 Å². The van der Waals surface area contributed by atoms with Crippen LogP contribution < -0.4 is 5.32 Å². The van der Waals surface area contributed by atoms with Crippen LogP contribution >= 0.6 is 0 Å². The number of esters is 1. The maximum absolute atomic E-state index is 11.8. The van der Waals surface area contributed by atoms with E-state index in [1.54, 1.807) is 20.8 Å². The predicted molar refractivity (Wildman–Crippen MR) is 75.5 cm³/mol. The van der Waals surface area contributed by atoms with Gasteiger partial charge >= 0.3 is 12.1 Å². The number of nitrogens with zero attached hydrogens (tertiary/aromatic N) is 1. The Morgan fingerprint density at radius 3 is 2.71 bits per heavy atom. The number of nitrogens with one attached hydrogen (secondary N) is 1. The minimum atomic E-state index is -0.596. The Morgan fingerprint density at radius 2 is 2.14 bits per heavy atom. The average Bonchev–Trinajstić information content (AvgIpc) is 2.64. The third-order valence-electron chi connectivity index (χ3n) is 2.62. The number of hydrogen-bond donors (Lipinski definition) is 1. The van der Waals surface area contributed by atoms with Crippen LogP contribution in [0.15, 0.2) is 12.7 Å². The van der Waals surface area contributed by atoms with Crippen molar-refractivity contribution < 1.29 is 23.9 Å². The summed E-state index contributed by atoms with van der Waals surface area (Å²) in [7, 11) is 0. The third kappa shape index (κ3) is 6.29. The summed E-state index contributed by atoms with van der Waals surface area (Å²) in [6.07, 6.45) is 1.03. The topological polar surface area (TPSA) is 84.9 Å². The van der Waals surface area contributed by atoms with Gasteiger partial charge in [0, 0.05) is 13.0 Å². The molecule has 1 saturated heterocycles. The fourth-order valence-corrected chi connectivity index (χ4v) is 1.85. The Balaban J connectivity index is 2.42. The zero-order valence-corrected chi connectivity index (χ0v) is 12.7. The molecular weight excluding hydrogens is 276 g/mol. The van der Waals surface area contributed by atoms with Crippen LogP contribution in [-0.2, 0) is 19.1 Å². The van der Waals surface area contributed by atoms with Gasteiger partial charge in [-0.15, -0.1) is 0 Å². The normalized spacial score (nSPS) is 18.3. The van der Waals surface area contributed by atoms with Crippen molar-refractivity contribution in [1.82, 2.24) is 10.2 Å². The molecule has 0 aromatic rings. The summed E-state index contributed by atoms with van der Waals surface area (Å²) >= 11 is 0. The van der Waals surface area contributed by atoms with E-state index in [0.717, 1.165) is 0 Å². The van der Waals surface area contributed by atoms with E-state index in [4.69, 9.17) is 9.47 Å². The lowest BCUT2D eigenvalue weighted by atomic mass is 10.2. The van der Waals surface area contributed by atoms with E-state index in [1.807, 2.05) is 0 Å². The van der Waals surface area contributed by atoms with Gasteiger partial charge in [0.1, 0.15) is 18.8 Å². The second kappa shape index (κ2) is 7.10. The molecule has 1 heterocycles. The Labute approximate surface area is 124 Å². The third-order valence-corrected chi connectivity index (χ3v) is 2.62. The summed E-state index contributed by atoms with van der Waals surface area (Å²) in [6, 6.07) is -0.362. The predicted octanol–water partition coefficient (Wildman–Crippen LogP) is 0.841. The van der Waals surface area contributed by atoms with Gasteiger partial charge in [0.25, 0.3) is 0 Å². The van der Waals surface area contributed by atoms with Crippen molar-refractivity contribution in [3.05, 3.63) is 12.7 Å². The monoisotopic (exact) mass is 298 g/mol. The van der Waals surface area contributed by atoms with E-state index in [1.165, 1.54) is 11.0 Å². The lowest BCUT2D eigenvalue weighted by molar-refractivity contribution is -0.147. The molecule has 0 radical (unpaired) electrons. The number of amides is 2. The number of ether oxygens (including phenoxy) is 2. The van der Waals surface area contributed by atoms with Crippen LogP contribution in [0, 0.1) is 0 Å². The van der Waals surface area contributed by atoms with Crippen LogP contribution in [0.4, 0.5) is 4.79 Å². The molecule has 7 nitrogen and oxygen atoms in total. The van der Waals surface area contributed by atoms with Crippen molar-refractivity contribution in [2.24, 2.45) is 0 Å². The summed E-state index contributed by atoms with van der Waals surface area (Å²) in [6.45, 7) is 8.96. The van der Waals surface area contributed by atoms with E-state index >= 15 is 0 Å². The van der Waals surface area contributed by atoms with Crippen molar-refractivity contribution in [2.75, 3.05) is 19.7 Å². The lowest BCUT2D eigenvalue weighted by Gasteiger charge is -2.21. The second-order valence-corrected chi connectivity index (χ2v) is 5.79. The Kier molecular flexibility index (Phi) is 5.75. The maximum Gasteiger partial charge on any atom is 0.407 e. The number of carbonyl (C=O) groups is 3. The summed E-state index contributed by atoms with van der Waals surface area (Å²) < 4.78 is 9.94. The van der Waals surface area contributed by atoms with Crippen LogP contribution in [0.25, 0.3) is 0 Å². The highest BCUT2D eigenvalue weighted by atomic mass is 16.6. The zero-order chi connectivity index (χ0) is 16.0. The Hall–Kier alpha value is -2.05. The van der Waals surface area contributed by atoms with E-state index in [9.17, 15) is 14.4 Å². The molecule has 1 fully saturated rings. The number of alkyl carbamates (subject to hydrolysis) is 1. The number of carbonyl (C=O) groups excluding carboxylic acids is 3. The molecule has 1 rings (SSSR count). The largest absolute Gasteiger partial charge is 0.460 e. The molecule has 1 aliphatic heterocycles. The van der Waals surface area contributed by atoms with Crippen molar-refractivity contribution in [3.8, 4) is 0 Å². The minimum Gasteiger partial charge on any atom is -0.460 e. The van der Waals surface area contributed by atoms with Crippen molar-refractivity contribution in [3.63, 3.8) is 0 Å². The highest BCUT2D eigenvalue weighted by Crippen LogP contribution is 2.13. The molecular formula is C14H22N2O5. The molecule has 1 aliphatic rings. The molecule has 0 aromatic heterocycles. The highest BCUT2D eigenvalue weighted by molar-refractivity contribution is 5.85. The van der Waals surface area contributed by atoms with Crippen molar-refractivity contribution in [1.29, 1.82) is 0 Å². The van der Waals surface area contributed by atoms with Gasteiger partial charge in [0.15, 0.2) is 0 Å². The molecule has 0 unspecified atom stereocenters. The van der Waals surface area contributed by atoms with Crippen LogP contribution in [-0.4, -0.2) is 54.2 Å². The molecule has 1 atom stereocenters. The first kappa shape index (κ1) is 17.0. The molecule has 118 valence electrons. The quantitative estimate of drug-likeness (QED) is 0.600. The SMILES string of the molecule is C=CCOC(=O)CN1C[C@@H](NC(=O)OC(C)(C)C)CC1=O. The molecule has 1 N–H and O–H groups in total. The molecule has 0 spiro atoms. The van der Waals surface area contributed by atoms with Gasteiger partial charge in [-0.25, -0.2) is 4.79 Å². The van der Waals surface area contributed by atoms with E-state index in [-0.39, 0.29) is 38.1 Å². The molecule has 0 saturated carbocycles. The Bertz CT molecular complexity index is 428. The first-order chi connectivity index (χ1) is 9.71. The highest BCUT2D eigenvalue weighted by Gasteiger charge is 2.33. The fourth-order valence-electron chi connectivity index (χ4n) is 1.85. The molecule has 0 aliphatic carbocycles. The van der Waals surface area contributed by atoms with Crippen LogP contribution in [0.3, 0.4) is 0 Å². The van der Waals surface area contributed by atoms with E-state index < -0.39 is 17.7 Å². The summed E-state index contributed by atoms with van der Waals surface area (Å²) in [5.74, 6) is -0.701. The van der Waals surface area contributed by atoms with Gasteiger partial charge in [0.05, 0.1) is 6.04 Å². The summed E-state index contributed by atoms with van der Waals surface area (Å²) in [5, 5.41) is 2.62. The zero-order valence-electron chi connectivity index (χ0n) is 12.7. The molecule has 2 amide bonds. The molecule has 7 heteroatoms. The number of hydrogen-bond acceptors (Lipinski definition) is 5. The summed E-state index contributed by atoms with van der Waals surface area (Å²) in [5.41, 5.74) is -0.596. The van der Waals surface area contributed by atoms with Gasteiger partial charge in [-0.3, -0.25) is 9.59 Å². The first-order valence-electron chi connectivity index (χ1n) is 6.75. The van der Waals surface area contributed by atoms with E-state index in [0.29, 0.717) is 0 Å². The molecule has 0 aromatic carbocycles.